The molecule has 5 nitrogen and oxygen atoms in total. The van der Waals surface area contributed by atoms with Crippen LogP contribution < -0.4 is 5.32 Å². The van der Waals surface area contributed by atoms with Gasteiger partial charge in [-0.3, -0.25) is 0 Å². The maximum absolute atomic E-state index is 10.5. The second-order valence-corrected chi connectivity index (χ2v) is 1.68. The molecule has 0 unspecified atom stereocenters. The smallest absolute Gasteiger partial charge is 0.407 e. The summed E-state index contributed by atoms with van der Waals surface area (Å²) in [4.78, 5) is 20.9. The number of hydrogen-bond acceptors (Lipinski definition) is 4. The third-order valence-electron chi connectivity index (χ3n) is 0.870. The van der Waals surface area contributed by atoms with E-state index in [-0.39, 0.29) is 6.61 Å². The highest BCUT2D eigenvalue weighted by atomic mass is 16.6. The van der Waals surface area contributed by atoms with Crippen molar-refractivity contribution < 1.29 is 19.1 Å². The van der Waals surface area contributed by atoms with Crippen LogP contribution in [0.25, 0.3) is 0 Å². The molecule has 0 rings (SSSR count). The summed E-state index contributed by atoms with van der Waals surface area (Å²) in [6.45, 7) is 1.88. The summed E-state index contributed by atoms with van der Waals surface area (Å²) in [5.41, 5.74) is 0. The number of esters is 1. The van der Waals surface area contributed by atoms with Crippen molar-refractivity contribution in [1.29, 1.82) is 0 Å². The first-order valence-corrected chi connectivity index (χ1v) is 3.18. The second-order valence-electron chi connectivity index (χ2n) is 1.68. The van der Waals surface area contributed by atoms with E-state index in [4.69, 9.17) is 0 Å². The zero-order valence-corrected chi connectivity index (χ0v) is 6.55. The molecule has 0 bridgehead atoms. The number of rotatable bonds is 3. The van der Waals surface area contributed by atoms with Crippen LogP contribution >= 0.6 is 0 Å². The van der Waals surface area contributed by atoms with Crippen molar-refractivity contribution in [3.05, 3.63) is 0 Å². The fraction of sp³-hybridized carbons (Fsp3) is 0.667. The van der Waals surface area contributed by atoms with Gasteiger partial charge in [-0.15, -0.1) is 0 Å². The average molecular weight is 161 g/mol. The number of carbonyl (C=O) groups is 2. The quantitative estimate of drug-likeness (QED) is 0.587. The Morgan fingerprint density at radius 1 is 1.45 bits per heavy atom. The van der Waals surface area contributed by atoms with Crippen molar-refractivity contribution in [1.82, 2.24) is 5.32 Å². The van der Waals surface area contributed by atoms with Crippen molar-refractivity contribution in [2.45, 2.75) is 6.92 Å². The largest absolute Gasteiger partial charge is 0.466 e. The molecule has 0 aliphatic heterocycles. The fourth-order valence-corrected chi connectivity index (χ4v) is 0.379. The van der Waals surface area contributed by atoms with E-state index in [9.17, 15) is 9.59 Å². The molecule has 0 aliphatic carbocycles. The number of ether oxygens (including phenoxy) is 2. The number of carbonyl (C=O) groups excluding carboxylic acids is 2. The minimum Gasteiger partial charge on any atom is -0.466 e. The van der Waals surface area contributed by atoms with Crippen LogP contribution in [0.15, 0.2) is 0 Å². The van der Waals surface area contributed by atoms with Gasteiger partial charge in [0.05, 0.1) is 7.11 Å². The van der Waals surface area contributed by atoms with Crippen LogP contribution in [0.1, 0.15) is 6.92 Å². The molecule has 0 aromatic rings. The fourth-order valence-electron chi connectivity index (χ4n) is 0.379. The number of methoxy groups -OCH3 is 1. The van der Waals surface area contributed by atoms with Crippen LogP contribution in [0.5, 0.6) is 0 Å². The van der Waals surface area contributed by atoms with Gasteiger partial charge in [0.25, 0.3) is 0 Å². The Morgan fingerprint density at radius 3 is 2.55 bits per heavy atom. The Labute approximate surface area is 64.7 Å². The first-order chi connectivity index (χ1) is 5.20. The minimum absolute atomic E-state index is 0.345. The van der Waals surface area contributed by atoms with E-state index < -0.39 is 12.1 Å². The molecule has 0 radical (unpaired) electrons. The van der Waals surface area contributed by atoms with Crippen molar-refractivity contribution in [3.63, 3.8) is 0 Å². The summed E-state index contributed by atoms with van der Waals surface area (Å²) >= 11 is 0. The number of hydrogen-bond donors (Lipinski definition) is 1. The first kappa shape index (κ1) is 9.74. The highest BCUT2D eigenvalue weighted by Crippen LogP contribution is 1.79. The molecule has 0 aliphatic rings. The van der Waals surface area contributed by atoms with E-state index in [1.54, 1.807) is 6.92 Å². The third kappa shape index (κ3) is 5.20. The lowest BCUT2D eigenvalue weighted by atomic mass is 10.7. The van der Waals surface area contributed by atoms with Gasteiger partial charge >= 0.3 is 12.1 Å². The third-order valence-corrected chi connectivity index (χ3v) is 0.870. The molecule has 1 amide bonds. The molecular weight excluding hydrogens is 150 g/mol. The summed E-state index contributed by atoms with van der Waals surface area (Å²) in [5, 5.41) is 2.36. The highest BCUT2D eigenvalue weighted by molar-refractivity contribution is 5.75. The van der Waals surface area contributed by atoms with Crippen LogP contribution in [0.3, 0.4) is 0 Å². The van der Waals surface area contributed by atoms with Gasteiger partial charge in [-0.25, -0.2) is 9.59 Å². The molecule has 0 aromatic heterocycles. The molecule has 0 saturated heterocycles. The highest BCUT2D eigenvalue weighted by Gasteiger charge is 2.04. The topological polar surface area (TPSA) is 64.6 Å². The normalized spacial score (nSPS) is 8.55. The average Bonchev–Trinajstić information content (AvgIpc) is 2.01. The van der Waals surface area contributed by atoms with Crippen LogP contribution in [0, 0.1) is 0 Å². The van der Waals surface area contributed by atoms with Gasteiger partial charge in [-0.1, -0.05) is 0 Å². The Kier molecular flexibility index (Phi) is 4.89. The number of alkyl carbamates (subject to hydrolysis) is 1. The number of amides is 1. The zero-order valence-electron chi connectivity index (χ0n) is 6.55. The van der Waals surface area contributed by atoms with Crippen molar-refractivity contribution >= 4 is 12.1 Å². The van der Waals surface area contributed by atoms with Crippen molar-refractivity contribution in [3.8, 4) is 0 Å². The number of nitrogens with one attached hydrogen (secondary N) is 1. The van der Waals surface area contributed by atoms with Gasteiger partial charge in [0.2, 0.25) is 0 Å². The maximum Gasteiger partial charge on any atom is 0.407 e. The monoisotopic (exact) mass is 161 g/mol. The molecule has 1 N–H and O–H groups in total. The molecule has 5 heteroatoms. The van der Waals surface area contributed by atoms with E-state index in [0.717, 1.165) is 0 Å². The van der Waals surface area contributed by atoms with E-state index in [0.29, 0.717) is 6.54 Å². The lowest BCUT2D eigenvalue weighted by molar-refractivity contribution is -0.143. The zero-order chi connectivity index (χ0) is 8.69. The molecule has 11 heavy (non-hydrogen) atoms. The molecular formula is C6H11NO4. The Morgan fingerprint density at radius 2 is 2.09 bits per heavy atom. The standard InChI is InChI=1S/C6H11NO4/c1-3-7-6(9)11-4-5(8)10-2/h3-4H2,1-2H3,(H,7,9). The summed E-state index contributed by atoms with van der Waals surface area (Å²) in [5.74, 6) is -0.573. The molecule has 0 saturated carbocycles. The molecule has 0 aromatic carbocycles. The second kappa shape index (κ2) is 5.52. The molecule has 0 fully saturated rings. The SMILES string of the molecule is CCNC(=O)OCC(=O)OC. The van der Waals surface area contributed by atoms with Crippen molar-refractivity contribution in [2.75, 3.05) is 20.3 Å². The molecule has 0 spiro atoms. The maximum atomic E-state index is 10.5. The van der Waals surface area contributed by atoms with E-state index in [1.165, 1.54) is 7.11 Å². The summed E-state index contributed by atoms with van der Waals surface area (Å²) in [7, 11) is 1.23. The predicted molar refractivity (Wildman–Crippen MR) is 37.0 cm³/mol. The summed E-state index contributed by atoms with van der Waals surface area (Å²) in [6, 6.07) is 0. The van der Waals surface area contributed by atoms with E-state index >= 15 is 0 Å². The van der Waals surface area contributed by atoms with E-state index in [1.807, 2.05) is 0 Å². The Balaban J connectivity index is 3.38. The minimum atomic E-state index is -0.613. The lowest BCUT2D eigenvalue weighted by Gasteiger charge is -2.02. The van der Waals surface area contributed by atoms with Gasteiger partial charge in [0.1, 0.15) is 0 Å². The van der Waals surface area contributed by atoms with Crippen LogP contribution in [0.2, 0.25) is 0 Å². The van der Waals surface area contributed by atoms with Gasteiger partial charge in [-0.2, -0.15) is 0 Å². The van der Waals surface area contributed by atoms with Gasteiger partial charge < -0.3 is 14.8 Å². The molecule has 64 valence electrons. The van der Waals surface area contributed by atoms with Gasteiger partial charge in [0, 0.05) is 6.54 Å². The predicted octanol–water partition coefficient (Wildman–Crippen LogP) is -0.0945. The first-order valence-electron chi connectivity index (χ1n) is 3.18. The molecule has 0 atom stereocenters. The Bertz CT molecular complexity index is 146. The summed E-state index contributed by atoms with van der Waals surface area (Å²) in [6.07, 6.45) is -0.613. The summed E-state index contributed by atoms with van der Waals surface area (Å²) < 4.78 is 8.65. The van der Waals surface area contributed by atoms with Crippen LogP contribution in [0.4, 0.5) is 4.79 Å². The van der Waals surface area contributed by atoms with Gasteiger partial charge in [0.15, 0.2) is 6.61 Å². The van der Waals surface area contributed by atoms with Crippen LogP contribution in [-0.2, 0) is 14.3 Å². The van der Waals surface area contributed by atoms with Crippen LogP contribution in [-0.4, -0.2) is 32.3 Å². The Hall–Kier alpha value is -1.26. The van der Waals surface area contributed by atoms with E-state index in [2.05, 4.69) is 14.8 Å². The van der Waals surface area contributed by atoms with Crippen molar-refractivity contribution in [2.24, 2.45) is 0 Å². The lowest BCUT2D eigenvalue weighted by Crippen LogP contribution is -2.26. The van der Waals surface area contributed by atoms with Gasteiger partial charge in [-0.05, 0) is 6.92 Å². The molecule has 0 heterocycles.